The number of nitrogens with zero attached hydrogens (tertiary/aromatic N) is 1. The maximum Gasteiger partial charge on any atom is 0.387 e. The van der Waals surface area contributed by atoms with Gasteiger partial charge in [-0.15, -0.1) is 0 Å². The summed E-state index contributed by atoms with van der Waals surface area (Å²) in [5, 5.41) is -1.10. The summed E-state index contributed by atoms with van der Waals surface area (Å²) in [4.78, 5) is 13.8. The maximum atomic E-state index is 12.5. The van der Waals surface area contributed by atoms with Crippen LogP contribution in [0.4, 0.5) is 13.2 Å². The second-order valence-electron chi connectivity index (χ2n) is 2.15. The van der Waals surface area contributed by atoms with Crippen LogP contribution in [0.15, 0.2) is 12.3 Å². The Labute approximate surface area is 81.5 Å². The lowest BCUT2D eigenvalue weighted by Gasteiger charge is -2.06. The molecule has 0 aliphatic heterocycles. The van der Waals surface area contributed by atoms with Crippen LogP contribution in [0.5, 0.6) is 5.75 Å². The van der Waals surface area contributed by atoms with Crippen molar-refractivity contribution in [2.45, 2.75) is 6.61 Å². The van der Waals surface area contributed by atoms with Crippen molar-refractivity contribution in [3.8, 4) is 5.75 Å². The molecule has 1 rings (SSSR count). The van der Waals surface area contributed by atoms with Gasteiger partial charge in [-0.3, -0.25) is 4.79 Å². The second-order valence-corrected chi connectivity index (χ2v) is 2.50. The fourth-order valence-corrected chi connectivity index (χ4v) is 0.896. The molecule has 0 bridgehead atoms. The van der Waals surface area contributed by atoms with Gasteiger partial charge in [-0.05, 0) is 11.6 Å². The van der Waals surface area contributed by atoms with Gasteiger partial charge in [0.2, 0.25) is 0 Å². The summed E-state index contributed by atoms with van der Waals surface area (Å²) in [5.74, 6) is -1.58. The van der Waals surface area contributed by atoms with E-state index in [1.807, 2.05) is 0 Å². The summed E-state index contributed by atoms with van der Waals surface area (Å²) in [5.41, 5.74) is -0.548. The minimum absolute atomic E-state index is 0.548. The average Bonchev–Trinajstić information content (AvgIpc) is 2.01. The molecule has 1 aromatic heterocycles. The molecule has 1 aromatic rings. The SMILES string of the molecule is O=C(Cl)c1ncc(F)cc1OC(F)F. The number of alkyl halides is 2. The van der Waals surface area contributed by atoms with Crippen LogP contribution in [0, 0.1) is 5.82 Å². The van der Waals surface area contributed by atoms with E-state index in [-0.39, 0.29) is 0 Å². The van der Waals surface area contributed by atoms with Crippen molar-refractivity contribution in [1.82, 2.24) is 4.98 Å². The summed E-state index contributed by atoms with van der Waals surface area (Å²) in [7, 11) is 0. The summed E-state index contributed by atoms with van der Waals surface area (Å²) in [6.45, 7) is -3.17. The highest BCUT2D eigenvalue weighted by atomic mass is 35.5. The van der Waals surface area contributed by atoms with Gasteiger partial charge >= 0.3 is 6.61 Å². The molecule has 1 heterocycles. The number of pyridine rings is 1. The standard InChI is InChI=1S/C7H3ClF3NO2/c8-6(13)5-4(14-7(10)11)1-3(9)2-12-5/h1-2,7H. The maximum absolute atomic E-state index is 12.5. The monoisotopic (exact) mass is 225 g/mol. The highest BCUT2D eigenvalue weighted by molar-refractivity contribution is 6.67. The molecule has 0 aliphatic carbocycles. The average molecular weight is 226 g/mol. The first-order chi connectivity index (χ1) is 6.50. The van der Waals surface area contributed by atoms with Crippen molar-refractivity contribution in [2.75, 3.05) is 0 Å². The van der Waals surface area contributed by atoms with Crippen molar-refractivity contribution in [3.63, 3.8) is 0 Å². The van der Waals surface area contributed by atoms with Gasteiger partial charge in [0, 0.05) is 6.07 Å². The van der Waals surface area contributed by atoms with Gasteiger partial charge in [-0.25, -0.2) is 9.37 Å². The molecule has 0 aliphatic rings. The van der Waals surface area contributed by atoms with Gasteiger partial charge in [0.25, 0.3) is 5.24 Å². The van der Waals surface area contributed by atoms with Crippen LogP contribution in [-0.2, 0) is 0 Å². The van der Waals surface area contributed by atoms with E-state index in [1.54, 1.807) is 0 Å². The van der Waals surface area contributed by atoms with Gasteiger partial charge in [0.1, 0.15) is 5.82 Å². The molecule has 7 heteroatoms. The van der Waals surface area contributed by atoms with E-state index in [2.05, 4.69) is 9.72 Å². The van der Waals surface area contributed by atoms with E-state index in [9.17, 15) is 18.0 Å². The number of aromatic nitrogens is 1. The second kappa shape index (κ2) is 4.28. The third-order valence-electron chi connectivity index (χ3n) is 1.22. The number of rotatable bonds is 3. The molecule has 0 radical (unpaired) electrons. The van der Waals surface area contributed by atoms with Gasteiger partial charge < -0.3 is 4.74 Å². The zero-order valence-corrected chi connectivity index (χ0v) is 7.26. The molecule has 3 nitrogen and oxygen atoms in total. The van der Waals surface area contributed by atoms with Crippen LogP contribution < -0.4 is 4.74 Å². The first-order valence-corrected chi connectivity index (χ1v) is 3.68. The highest BCUT2D eigenvalue weighted by Crippen LogP contribution is 2.21. The zero-order chi connectivity index (χ0) is 10.7. The lowest BCUT2D eigenvalue weighted by Crippen LogP contribution is -2.07. The number of carbonyl (C=O) groups is 1. The van der Waals surface area contributed by atoms with Gasteiger partial charge in [0.15, 0.2) is 11.4 Å². The highest BCUT2D eigenvalue weighted by Gasteiger charge is 2.16. The van der Waals surface area contributed by atoms with Crippen LogP contribution in [0.1, 0.15) is 10.5 Å². The van der Waals surface area contributed by atoms with Crippen molar-refractivity contribution in [2.24, 2.45) is 0 Å². The number of ether oxygens (including phenoxy) is 1. The predicted molar refractivity (Wildman–Crippen MR) is 41.0 cm³/mol. The Hall–Kier alpha value is -1.30. The lowest BCUT2D eigenvalue weighted by molar-refractivity contribution is -0.0505. The number of hydrogen-bond acceptors (Lipinski definition) is 3. The third kappa shape index (κ3) is 2.59. The molecule has 0 amide bonds. The minimum Gasteiger partial charge on any atom is -0.432 e. The number of carbonyl (C=O) groups excluding carboxylic acids is 1. The number of halogens is 4. The lowest BCUT2D eigenvalue weighted by atomic mass is 10.3. The van der Waals surface area contributed by atoms with Crippen LogP contribution >= 0.6 is 11.6 Å². The van der Waals surface area contributed by atoms with E-state index in [0.717, 1.165) is 0 Å². The van der Waals surface area contributed by atoms with Crippen LogP contribution in [0.25, 0.3) is 0 Å². The van der Waals surface area contributed by atoms with Crippen LogP contribution in [0.3, 0.4) is 0 Å². The molecular weight excluding hydrogens is 223 g/mol. The van der Waals surface area contributed by atoms with Crippen LogP contribution in [0.2, 0.25) is 0 Å². The third-order valence-corrected chi connectivity index (χ3v) is 1.40. The molecule has 0 aromatic carbocycles. The quantitative estimate of drug-likeness (QED) is 0.741. The molecule has 0 unspecified atom stereocenters. The molecule has 0 atom stereocenters. The first kappa shape index (κ1) is 10.8. The predicted octanol–water partition coefficient (Wildman–Crippen LogP) is 2.20. The molecule has 76 valence electrons. The Kier molecular flexibility index (Phi) is 3.29. The molecule has 0 saturated carbocycles. The van der Waals surface area contributed by atoms with E-state index in [4.69, 9.17) is 11.6 Å². The van der Waals surface area contributed by atoms with Gasteiger partial charge in [0.05, 0.1) is 6.20 Å². The molecule has 0 spiro atoms. The van der Waals surface area contributed by atoms with E-state index >= 15 is 0 Å². The summed E-state index contributed by atoms with van der Waals surface area (Å²) in [6.07, 6.45) is 0.675. The molecule has 0 fully saturated rings. The Balaban J connectivity index is 3.09. The fourth-order valence-electron chi connectivity index (χ4n) is 0.754. The fraction of sp³-hybridized carbons (Fsp3) is 0.143. The topological polar surface area (TPSA) is 39.2 Å². The Morgan fingerprint density at radius 3 is 2.71 bits per heavy atom. The van der Waals surface area contributed by atoms with Crippen molar-refractivity contribution >= 4 is 16.8 Å². The van der Waals surface area contributed by atoms with Crippen LogP contribution in [-0.4, -0.2) is 16.8 Å². The Morgan fingerprint density at radius 1 is 1.57 bits per heavy atom. The smallest absolute Gasteiger partial charge is 0.387 e. The van der Waals surface area contributed by atoms with Crippen molar-refractivity contribution < 1.29 is 22.7 Å². The summed E-state index contributed by atoms with van der Waals surface area (Å²) in [6, 6.07) is 0.606. The summed E-state index contributed by atoms with van der Waals surface area (Å²) < 4.78 is 39.9. The molecule has 0 saturated heterocycles. The first-order valence-electron chi connectivity index (χ1n) is 3.31. The zero-order valence-electron chi connectivity index (χ0n) is 6.51. The Morgan fingerprint density at radius 2 is 2.21 bits per heavy atom. The molecule has 14 heavy (non-hydrogen) atoms. The minimum atomic E-state index is -3.17. The largest absolute Gasteiger partial charge is 0.432 e. The number of hydrogen-bond donors (Lipinski definition) is 0. The normalized spacial score (nSPS) is 10.4. The van der Waals surface area contributed by atoms with E-state index in [1.165, 1.54) is 0 Å². The Bertz CT molecular complexity index is 359. The van der Waals surface area contributed by atoms with E-state index in [0.29, 0.717) is 12.3 Å². The van der Waals surface area contributed by atoms with Gasteiger partial charge in [-0.2, -0.15) is 8.78 Å². The van der Waals surface area contributed by atoms with Gasteiger partial charge in [-0.1, -0.05) is 0 Å². The molecular formula is C7H3ClF3NO2. The molecule has 0 N–H and O–H groups in total. The van der Waals surface area contributed by atoms with E-state index < -0.39 is 29.1 Å². The van der Waals surface area contributed by atoms with Crippen molar-refractivity contribution in [1.29, 1.82) is 0 Å². The van der Waals surface area contributed by atoms with Crippen molar-refractivity contribution in [3.05, 3.63) is 23.8 Å². The summed E-state index contributed by atoms with van der Waals surface area (Å²) >= 11 is 5.00.